The number of carbonyl (C=O) groups excluding carboxylic acids is 1. The summed E-state index contributed by atoms with van der Waals surface area (Å²) < 4.78 is 32.1. The number of carbonyl (C=O) groups is 1. The van der Waals surface area contributed by atoms with Crippen LogP contribution in [0.2, 0.25) is 0 Å². The molecule has 0 aliphatic carbocycles. The first-order valence-corrected chi connectivity index (χ1v) is 12.7. The molecule has 0 saturated carbocycles. The van der Waals surface area contributed by atoms with Gasteiger partial charge in [0.25, 0.3) is 0 Å². The lowest BCUT2D eigenvalue weighted by atomic mass is 10.1. The van der Waals surface area contributed by atoms with Crippen LogP contribution in [0.4, 0.5) is 5.69 Å². The van der Waals surface area contributed by atoms with Crippen molar-refractivity contribution < 1.29 is 17.9 Å². The predicted molar refractivity (Wildman–Crippen MR) is 125 cm³/mol. The van der Waals surface area contributed by atoms with Gasteiger partial charge in [0.1, 0.15) is 0 Å². The van der Waals surface area contributed by atoms with Crippen molar-refractivity contribution in [2.24, 2.45) is 0 Å². The van der Waals surface area contributed by atoms with Crippen LogP contribution in [0.1, 0.15) is 16.5 Å². The molecule has 4 rings (SSSR count). The summed E-state index contributed by atoms with van der Waals surface area (Å²) in [6.45, 7) is 1.61. The Hall–Kier alpha value is -2.56. The molecular formula is C23H25N3O4S2. The van der Waals surface area contributed by atoms with Gasteiger partial charge < -0.3 is 10.1 Å². The van der Waals surface area contributed by atoms with Gasteiger partial charge in [0.05, 0.1) is 30.7 Å². The highest BCUT2D eigenvalue weighted by atomic mass is 32.2. The molecule has 168 valence electrons. The van der Waals surface area contributed by atoms with Gasteiger partial charge in [-0.05, 0) is 41.3 Å². The van der Waals surface area contributed by atoms with Gasteiger partial charge in [0, 0.05) is 23.7 Å². The Morgan fingerprint density at radius 2 is 1.72 bits per heavy atom. The molecule has 1 saturated heterocycles. The van der Waals surface area contributed by atoms with Gasteiger partial charge in [-0.15, -0.1) is 11.3 Å². The Balaban J connectivity index is 1.37. The van der Waals surface area contributed by atoms with Crippen LogP contribution in [0.25, 0.3) is 0 Å². The van der Waals surface area contributed by atoms with Crippen molar-refractivity contribution >= 4 is 33.0 Å². The fraction of sp³-hybridized carbons (Fsp3) is 0.261. The molecule has 2 aromatic carbocycles. The quantitative estimate of drug-likeness (QED) is 0.527. The van der Waals surface area contributed by atoms with E-state index in [2.05, 4.69) is 10.6 Å². The van der Waals surface area contributed by atoms with Crippen LogP contribution in [0.5, 0.6) is 0 Å². The second kappa shape index (κ2) is 10.4. The van der Waals surface area contributed by atoms with Crippen LogP contribution in [-0.4, -0.2) is 51.5 Å². The van der Waals surface area contributed by atoms with Gasteiger partial charge in [-0.2, -0.15) is 4.31 Å². The molecule has 0 spiro atoms. The summed E-state index contributed by atoms with van der Waals surface area (Å²) in [5, 5.41) is 8.16. The number of nitrogens with zero attached hydrogens (tertiary/aromatic N) is 1. The summed E-state index contributed by atoms with van der Waals surface area (Å²) in [5.74, 6) is -0.203. The van der Waals surface area contributed by atoms with E-state index in [0.717, 1.165) is 10.4 Å². The minimum absolute atomic E-state index is 0.0806. The summed E-state index contributed by atoms with van der Waals surface area (Å²) in [6, 6.07) is 20.2. The molecule has 0 bridgehead atoms. The zero-order valence-electron chi connectivity index (χ0n) is 17.4. The minimum Gasteiger partial charge on any atom is -0.379 e. The third-order valence-corrected chi connectivity index (χ3v) is 8.02. The van der Waals surface area contributed by atoms with E-state index in [-0.39, 0.29) is 23.4 Å². The van der Waals surface area contributed by atoms with Gasteiger partial charge in [0.2, 0.25) is 15.9 Å². The molecule has 1 aliphatic rings. The highest BCUT2D eigenvalue weighted by Gasteiger charge is 2.26. The molecule has 0 radical (unpaired) electrons. The van der Waals surface area contributed by atoms with Crippen LogP contribution in [0.15, 0.2) is 77.0 Å². The van der Waals surface area contributed by atoms with Gasteiger partial charge >= 0.3 is 0 Å². The van der Waals surface area contributed by atoms with Crippen LogP contribution < -0.4 is 10.6 Å². The number of hydrogen-bond acceptors (Lipinski definition) is 6. The van der Waals surface area contributed by atoms with Crippen LogP contribution in [0.3, 0.4) is 0 Å². The second-order valence-electron chi connectivity index (χ2n) is 7.33. The van der Waals surface area contributed by atoms with Gasteiger partial charge in [-0.1, -0.05) is 36.4 Å². The van der Waals surface area contributed by atoms with Gasteiger partial charge in [0.15, 0.2) is 0 Å². The fourth-order valence-corrected chi connectivity index (χ4v) is 5.76. The summed E-state index contributed by atoms with van der Waals surface area (Å²) >= 11 is 1.63. The first-order valence-electron chi connectivity index (χ1n) is 10.3. The number of hydrogen-bond donors (Lipinski definition) is 2. The maximum Gasteiger partial charge on any atom is 0.243 e. The molecule has 1 aromatic heterocycles. The first kappa shape index (κ1) is 22.6. The molecule has 0 unspecified atom stereocenters. The summed E-state index contributed by atoms with van der Waals surface area (Å²) in [7, 11) is -3.56. The predicted octanol–water partition coefficient (Wildman–Crippen LogP) is 3.09. The molecule has 1 aliphatic heterocycles. The van der Waals surface area contributed by atoms with E-state index in [1.165, 1.54) is 16.4 Å². The van der Waals surface area contributed by atoms with Crippen LogP contribution in [0, 0.1) is 0 Å². The monoisotopic (exact) mass is 471 g/mol. The highest BCUT2D eigenvalue weighted by Crippen LogP contribution is 2.26. The number of sulfonamides is 1. The van der Waals surface area contributed by atoms with Crippen LogP contribution >= 0.6 is 11.3 Å². The van der Waals surface area contributed by atoms with Crippen LogP contribution in [-0.2, 0) is 19.6 Å². The maximum atomic E-state index is 12.7. The Labute approximate surface area is 192 Å². The largest absolute Gasteiger partial charge is 0.379 e. The SMILES string of the molecule is O=C(CN[C@H](c1ccccc1)c1cccs1)Nc1ccc(S(=O)(=O)N2CCOCC2)cc1. The van der Waals surface area contributed by atoms with Gasteiger partial charge in [-0.3, -0.25) is 10.1 Å². The van der Waals surface area contributed by atoms with E-state index < -0.39 is 10.0 Å². The normalized spacial score (nSPS) is 15.9. The number of amides is 1. The van der Waals surface area contributed by atoms with Crippen molar-refractivity contribution in [3.63, 3.8) is 0 Å². The lowest BCUT2D eigenvalue weighted by molar-refractivity contribution is -0.115. The molecule has 7 nitrogen and oxygen atoms in total. The van der Waals surface area contributed by atoms with Crippen molar-refractivity contribution in [1.29, 1.82) is 0 Å². The number of thiophene rings is 1. The lowest BCUT2D eigenvalue weighted by Gasteiger charge is -2.26. The van der Waals surface area contributed by atoms with E-state index in [1.54, 1.807) is 23.5 Å². The van der Waals surface area contributed by atoms with Gasteiger partial charge in [-0.25, -0.2) is 8.42 Å². The number of morpholine rings is 1. The molecule has 2 heterocycles. The fourth-order valence-electron chi connectivity index (χ4n) is 3.53. The number of nitrogens with one attached hydrogen (secondary N) is 2. The summed E-state index contributed by atoms with van der Waals surface area (Å²) in [6.07, 6.45) is 0. The number of ether oxygens (including phenoxy) is 1. The zero-order valence-corrected chi connectivity index (χ0v) is 19.1. The Morgan fingerprint density at radius 3 is 2.38 bits per heavy atom. The standard InChI is InChI=1S/C23H25N3O4S2/c27-22(17-24-23(21-7-4-16-31-21)18-5-2-1-3-6-18)25-19-8-10-20(11-9-19)32(28,29)26-12-14-30-15-13-26/h1-11,16,23-24H,12-15,17H2,(H,25,27)/t23-/m1/s1. The number of anilines is 1. The van der Waals surface area contributed by atoms with E-state index in [1.807, 2.05) is 47.8 Å². The number of rotatable bonds is 8. The highest BCUT2D eigenvalue weighted by molar-refractivity contribution is 7.89. The molecule has 1 atom stereocenters. The van der Waals surface area contributed by atoms with E-state index in [9.17, 15) is 13.2 Å². The van der Waals surface area contributed by atoms with Crippen molar-refractivity contribution in [2.45, 2.75) is 10.9 Å². The molecule has 2 N–H and O–H groups in total. The van der Waals surface area contributed by atoms with Crippen molar-refractivity contribution in [1.82, 2.24) is 9.62 Å². The third-order valence-electron chi connectivity index (χ3n) is 5.17. The molecule has 1 amide bonds. The number of benzene rings is 2. The zero-order chi connectivity index (χ0) is 22.4. The summed E-state index contributed by atoms with van der Waals surface area (Å²) in [4.78, 5) is 13.9. The lowest BCUT2D eigenvalue weighted by Crippen LogP contribution is -2.40. The smallest absolute Gasteiger partial charge is 0.243 e. The average molecular weight is 472 g/mol. The Morgan fingerprint density at radius 1 is 1.00 bits per heavy atom. The molecular weight excluding hydrogens is 446 g/mol. The second-order valence-corrected chi connectivity index (χ2v) is 10.2. The maximum absolute atomic E-state index is 12.7. The first-order chi connectivity index (χ1) is 15.5. The van der Waals surface area contributed by atoms with Crippen molar-refractivity contribution in [2.75, 3.05) is 38.2 Å². The Kier molecular flexibility index (Phi) is 7.33. The van der Waals surface area contributed by atoms with Crippen molar-refractivity contribution in [3.05, 3.63) is 82.6 Å². The minimum atomic E-state index is -3.56. The van der Waals surface area contributed by atoms with E-state index in [4.69, 9.17) is 4.74 Å². The van der Waals surface area contributed by atoms with Crippen molar-refractivity contribution in [3.8, 4) is 0 Å². The molecule has 1 fully saturated rings. The molecule has 32 heavy (non-hydrogen) atoms. The van der Waals surface area contributed by atoms with E-state index >= 15 is 0 Å². The summed E-state index contributed by atoms with van der Waals surface area (Å²) in [5.41, 5.74) is 1.63. The molecule has 3 aromatic rings. The third kappa shape index (κ3) is 5.43. The molecule has 9 heteroatoms. The van der Waals surface area contributed by atoms with E-state index in [0.29, 0.717) is 32.0 Å². The topological polar surface area (TPSA) is 87.7 Å². The Bertz CT molecular complexity index is 1110. The average Bonchev–Trinajstić information content (AvgIpc) is 3.35.